The van der Waals surface area contributed by atoms with E-state index in [-0.39, 0.29) is 5.39 Å². The molecule has 2 rings (SSSR count). The Kier molecular flexibility index (Phi) is 5.46. The van der Waals surface area contributed by atoms with Gasteiger partial charge in [-0.2, -0.15) is 13.2 Å². The molecule has 2 aromatic rings. The molecule has 0 heterocycles. The Labute approximate surface area is 131 Å². The van der Waals surface area contributed by atoms with E-state index in [1.165, 1.54) is 25.3 Å². The molecule has 0 saturated heterocycles. The van der Waals surface area contributed by atoms with E-state index < -0.39 is 23.8 Å². The lowest BCUT2D eigenvalue weighted by molar-refractivity contribution is -0.137. The number of aliphatic hydroxyl groups is 1. The zero-order chi connectivity index (χ0) is 17.0. The van der Waals surface area contributed by atoms with Crippen LogP contribution >= 0.6 is 0 Å². The molecule has 7 heteroatoms. The normalized spacial score (nSPS) is 13.4. The number of halogens is 3. The summed E-state index contributed by atoms with van der Waals surface area (Å²) in [6.45, 7) is 0.797. The van der Waals surface area contributed by atoms with E-state index in [4.69, 9.17) is 4.74 Å². The monoisotopic (exact) mass is 329 g/mol. The van der Waals surface area contributed by atoms with Crippen LogP contribution < -0.4 is 5.32 Å². The highest BCUT2D eigenvalue weighted by molar-refractivity contribution is 5.90. The zero-order valence-electron chi connectivity index (χ0n) is 12.5. The lowest BCUT2D eigenvalue weighted by Crippen LogP contribution is -2.21. The van der Waals surface area contributed by atoms with Crippen molar-refractivity contribution < 1.29 is 28.1 Å². The molecule has 23 heavy (non-hydrogen) atoms. The molecule has 0 aliphatic heterocycles. The van der Waals surface area contributed by atoms with E-state index in [1.807, 2.05) is 0 Å². The Bertz CT molecular complexity index is 673. The quantitative estimate of drug-likeness (QED) is 0.563. The molecule has 1 unspecified atom stereocenters. The molecular formula is C16H18F3NO3. The Hall–Kier alpha value is -1.83. The van der Waals surface area contributed by atoms with Crippen molar-refractivity contribution in [2.24, 2.45) is 0 Å². The van der Waals surface area contributed by atoms with Gasteiger partial charge in [0, 0.05) is 26.6 Å². The van der Waals surface area contributed by atoms with Gasteiger partial charge in [0.2, 0.25) is 0 Å². The second kappa shape index (κ2) is 7.16. The Morgan fingerprint density at radius 1 is 1.17 bits per heavy atom. The van der Waals surface area contributed by atoms with Crippen molar-refractivity contribution in [3.8, 4) is 5.75 Å². The fraction of sp³-hybridized carbons (Fsp3) is 0.375. The Morgan fingerprint density at radius 2 is 1.91 bits per heavy atom. The molecule has 0 aliphatic carbocycles. The van der Waals surface area contributed by atoms with Crippen molar-refractivity contribution in [2.75, 3.05) is 13.7 Å². The second-order valence-corrected chi connectivity index (χ2v) is 5.13. The Balaban J connectivity index is 2.26. The number of ether oxygens (including phenoxy) is 1. The highest BCUT2D eigenvalue weighted by atomic mass is 19.4. The summed E-state index contributed by atoms with van der Waals surface area (Å²) in [6.07, 6.45) is -5.13. The Morgan fingerprint density at radius 3 is 2.57 bits per heavy atom. The summed E-state index contributed by atoms with van der Waals surface area (Å²) in [4.78, 5) is 0. The minimum atomic E-state index is -4.63. The van der Waals surface area contributed by atoms with Crippen molar-refractivity contribution >= 4 is 10.8 Å². The number of methoxy groups -OCH3 is 1. The van der Waals surface area contributed by atoms with E-state index in [0.29, 0.717) is 30.5 Å². The third kappa shape index (κ3) is 4.13. The van der Waals surface area contributed by atoms with Crippen LogP contribution in [0.3, 0.4) is 0 Å². The van der Waals surface area contributed by atoms with Crippen molar-refractivity contribution in [1.82, 2.24) is 5.32 Å². The molecule has 1 atom stereocenters. The minimum Gasteiger partial charge on any atom is -0.507 e. The van der Waals surface area contributed by atoms with Crippen molar-refractivity contribution in [3.05, 3.63) is 41.5 Å². The predicted molar refractivity (Wildman–Crippen MR) is 80.0 cm³/mol. The molecule has 2 aromatic carbocycles. The number of rotatable bonds is 6. The molecule has 0 aliphatic rings. The van der Waals surface area contributed by atoms with Gasteiger partial charge in [0.15, 0.2) is 6.29 Å². The van der Waals surface area contributed by atoms with Gasteiger partial charge in [0.1, 0.15) is 11.3 Å². The van der Waals surface area contributed by atoms with Crippen LogP contribution in [0.2, 0.25) is 0 Å². The van der Waals surface area contributed by atoms with Crippen molar-refractivity contribution in [1.29, 1.82) is 0 Å². The van der Waals surface area contributed by atoms with Crippen LogP contribution in [0, 0.1) is 0 Å². The number of hydrogen-bond acceptors (Lipinski definition) is 4. The first-order valence-electron chi connectivity index (χ1n) is 7.07. The maximum Gasteiger partial charge on any atom is 0.420 e. The summed E-state index contributed by atoms with van der Waals surface area (Å²) < 4.78 is 44.1. The van der Waals surface area contributed by atoms with Crippen LogP contribution in [-0.2, 0) is 17.5 Å². The molecule has 0 amide bonds. The molecule has 3 N–H and O–H groups in total. The third-order valence-corrected chi connectivity index (χ3v) is 3.57. The molecule has 0 bridgehead atoms. The van der Waals surface area contributed by atoms with Crippen LogP contribution in [0.15, 0.2) is 30.3 Å². The highest BCUT2D eigenvalue weighted by Crippen LogP contribution is 2.41. The molecule has 0 radical (unpaired) electrons. The molecule has 0 aromatic heterocycles. The van der Waals surface area contributed by atoms with E-state index in [9.17, 15) is 23.4 Å². The molecule has 126 valence electrons. The number of aromatic hydroxyl groups is 1. The number of benzene rings is 2. The third-order valence-electron chi connectivity index (χ3n) is 3.57. The number of phenols is 1. The van der Waals surface area contributed by atoms with E-state index >= 15 is 0 Å². The van der Waals surface area contributed by atoms with Gasteiger partial charge in [-0.3, -0.25) is 0 Å². The van der Waals surface area contributed by atoms with Crippen molar-refractivity contribution in [2.45, 2.75) is 25.4 Å². The lowest BCUT2D eigenvalue weighted by Gasteiger charge is -2.15. The molecule has 0 fully saturated rings. The summed E-state index contributed by atoms with van der Waals surface area (Å²) >= 11 is 0. The van der Waals surface area contributed by atoms with Crippen LogP contribution in [0.5, 0.6) is 5.75 Å². The second-order valence-electron chi connectivity index (χ2n) is 5.13. The fourth-order valence-corrected chi connectivity index (χ4v) is 2.43. The number of nitrogens with one attached hydrogen (secondary N) is 1. The SMILES string of the molecule is COC(O)CCNCc1cccc2c(C(F)(F)F)c(O)ccc12. The van der Waals surface area contributed by atoms with Gasteiger partial charge in [-0.05, 0) is 22.4 Å². The molecule has 0 spiro atoms. The maximum absolute atomic E-state index is 13.1. The molecule has 0 saturated carbocycles. The summed E-state index contributed by atoms with van der Waals surface area (Å²) in [5.74, 6) is -0.779. The summed E-state index contributed by atoms with van der Waals surface area (Å²) in [5, 5.41) is 22.3. The molecule has 4 nitrogen and oxygen atoms in total. The van der Waals surface area contributed by atoms with Gasteiger partial charge in [0.25, 0.3) is 0 Å². The van der Waals surface area contributed by atoms with Gasteiger partial charge in [-0.1, -0.05) is 24.3 Å². The fourth-order valence-electron chi connectivity index (χ4n) is 2.43. The van der Waals surface area contributed by atoms with Crippen LogP contribution in [0.25, 0.3) is 10.8 Å². The summed E-state index contributed by atoms with van der Waals surface area (Å²) in [7, 11) is 1.39. The summed E-state index contributed by atoms with van der Waals surface area (Å²) in [5.41, 5.74) is -0.341. The predicted octanol–water partition coefficient (Wildman–Crippen LogP) is 3.01. The first-order chi connectivity index (χ1) is 10.8. The van der Waals surface area contributed by atoms with Crippen LogP contribution in [0.1, 0.15) is 17.5 Å². The van der Waals surface area contributed by atoms with Gasteiger partial charge < -0.3 is 20.3 Å². The largest absolute Gasteiger partial charge is 0.507 e. The van der Waals surface area contributed by atoms with Crippen LogP contribution in [-0.4, -0.2) is 30.2 Å². The van der Waals surface area contributed by atoms with E-state index in [1.54, 1.807) is 6.07 Å². The van der Waals surface area contributed by atoms with E-state index in [2.05, 4.69) is 5.32 Å². The first kappa shape index (κ1) is 17.5. The minimum absolute atomic E-state index is 0.0336. The zero-order valence-corrected chi connectivity index (χ0v) is 12.5. The number of aliphatic hydroxyl groups excluding tert-OH is 1. The smallest absolute Gasteiger partial charge is 0.420 e. The first-order valence-corrected chi connectivity index (χ1v) is 7.07. The summed E-state index contributed by atoms with van der Waals surface area (Å²) in [6, 6.07) is 7.12. The average Bonchev–Trinajstić information content (AvgIpc) is 2.49. The van der Waals surface area contributed by atoms with Crippen LogP contribution in [0.4, 0.5) is 13.2 Å². The van der Waals surface area contributed by atoms with Gasteiger partial charge in [-0.15, -0.1) is 0 Å². The number of phenolic OH excluding ortho intramolecular Hbond substituents is 1. The van der Waals surface area contributed by atoms with E-state index in [0.717, 1.165) is 6.07 Å². The standard InChI is InChI=1S/C16H18F3NO3/c1-23-14(22)7-8-20-9-10-3-2-4-12-11(10)5-6-13(21)15(12)16(17,18)19/h2-6,14,20-22H,7-9H2,1H3. The highest BCUT2D eigenvalue weighted by Gasteiger charge is 2.36. The number of alkyl halides is 3. The maximum atomic E-state index is 13.1. The van der Waals surface area contributed by atoms with Gasteiger partial charge >= 0.3 is 6.18 Å². The topological polar surface area (TPSA) is 61.7 Å². The average molecular weight is 329 g/mol. The number of fused-ring (bicyclic) bond motifs is 1. The lowest BCUT2D eigenvalue weighted by atomic mass is 9.99. The van der Waals surface area contributed by atoms with Gasteiger partial charge in [0.05, 0.1) is 0 Å². The molecular weight excluding hydrogens is 311 g/mol. The van der Waals surface area contributed by atoms with Crippen molar-refractivity contribution in [3.63, 3.8) is 0 Å². The van der Waals surface area contributed by atoms with Gasteiger partial charge in [-0.25, -0.2) is 0 Å². The number of hydrogen-bond donors (Lipinski definition) is 3.